The summed E-state index contributed by atoms with van der Waals surface area (Å²) in [5.41, 5.74) is 1.11. The molecule has 1 saturated carbocycles. The highest BCUT2D eigenvalue weighted by Crippen LogP contribution is 2.28. The molecule has 1 aromatic carbocycles. The van der Waals surface area contributed by atoms with Crippen LogP contribution in [0.5, 0.6) is 0 Å². The van der Waals surface area contributed by atoms with E-state index in [9.17, 15) is 9.70 Å². The van der Waals surface area contributed by atoms with Gasteiger partial charge >= 0.3 is 0 Å². The van der Waals surface area contributed by atoms with Crippen LogP contribution in [0.15, 0.2) is 23.4 Å². The quantitative estimate of drug-likeness (QED) is 0.768. The molecule has 6 heteroatoms. The van der Waals surface area contributed by atoms with Crippen molar-refractivity contribution in [3.8, 4) is 0 Å². The Kier molecular flexibility index (Phi) is 3.52. The van der Waals surface area contributed by atoms with Crippen LogP contribution in [0.3, 0.4) is 0 Å². The van der Waals surface area contributed by atoms with E-state index in [0.717, 1.165) is 41.9 Å². The van der Waals surface area contributed by atoms with Gasteiger partial charge in [-0.1, -0.05) is 11.2 Å². The summed E-state index contributed by atoms with van der Waals surface area (Å²) in [6.07, 6.45) is 6.69. The van der Waals surface area contributed by atoms with E-state index in [4.69, 9.17) is 0 Å². The maximum atomic E-state index is 11.8. The molecule has 0 bridgehead atoms. The molecule has 120 valence electrons. The summed E-state index contributed by atoms with van der Waals surface area (Å²) in [5.74, 6) is 0.347. The predicted molar refractivity (Wildman–Crippen MR) is 88.8 cm³/mol. The van der Waals surface area contributed by atoms with Crippen LogP contribution >= 0.6 is 0 Å². The molecule has 6 nitrogen and oxygen atoms in total. The molecule has 23 heavy (non-hydrogen) atoms. The van der Waals surface area contributed by atoms with E-state index in [1.54, 1.807) is 0 Å². The number of nitrogens with zero attached hydrogens (tertiary/aromatic N) is 2. The number of carbonyl (C=O) groups excluding carboxylic acids is 1. The van der Waals surface area contributed by atoms with Crippen LogP contribution in [-0.2, 0) is 4.79 Å². The monoisotopic (exact) mass is 312 g/mol. The summed E-state index contributed by atoms with van der Waals surface area (Å²) in [4.78, 5) is 24.7. The van der Waals surface area contributed by atoms with Gasteiger partial charge in [-0.05, 0) is 47.9 Å². The van der Waals surface area contributed by atoms with Gasteiger partial charge in [0, 0.05) is 30.9 Å². The largest absolute Gasteiger partial charge is 0.369 e. The third-order valence-electron chi connectivity index (χ3n) is 4.76. The van der Waals surface area contributed by atoms with E-state index >= 15 is 0 Å². The number of fused-ring (bicyclic) bond motifs is 1. The van der Waals surface area contributed by atoms with E-state index in [1.807, 2.05) is 12.3 Å². The fraction of sp³-hybridized carbons (Fsp3) is 0.471. The Labute approximate surface area is 134 Å². The smallest absolute Gasteiger partial charge is 0.224 e. The molecular formula is C17H20N4O2. The van der Waals surface area contributed by atoms with Crippen molar-refractivity contribution in [1.29, 1.82) is 0 Å². The Morgan fingerprint density at radius 2 is 2.13 bits per heavy atom. The average Bonchev–Trinajstić information content (AvgIpc) is 3.32. The summed E-state index contributed by atoms with van der Waals surface area (Å²) in [7, 11) is 0. The molecule has 1 amide bonds. The second kappa shape index (κ2) is 5.68. The first-order valence-corrected chi connectivity index (χ1v) is 8.19. The zero-order chi connectivity index (χ0) is 15.8. The predicted octanol–water partition coefficient (Wildman–Crippen LogP) is 0.00570. The highest BCUT2D eigenvalue weighted by Gasteiger charge is 2.30. The second-order valence-corrected chi connectivity index (χ2v) is 6.55. The molecule has 3 aliphatic rings. The maximum Gasteiger partial charge on any atom is 0.224 e. The fourth-order valence-electron chi connectivity index (χ4n) is 3.21. The Balaban J connectivity index is 1.52. The highest BCUT2D eigenvalue weighted by molar-refractivity contribution is 5.82. The summed E-state index contributed by atoms with van der Waals surface area (Å²) in [6.45, 7) is 1.56. The maximum absolute atomic E-state index is 11.8. The normalized spacial score (nSPS) is 25.7. The van der Waals surface area contributed by atoms with E-state index in [1.165, 1.54) is 0 Å². The number of nitroso groups, excluding NO2 is 1. The van der Waals surface area contributed by atoms with Crippen molar-refractivity contribution in [3.05, 3.63) is 33.5 Å². The zero-order valence-electron chi connectivity index (χ0n) is 12.9. The fourth-order valence-corrected chi connectivity index (χ4v) is 3.21. The first kappa shape index (κ1) is 14.2. The third kappa shape index (κ3) is 2.93. The van der Waals surface area contributed by atoms with Crippen molar-refractivity contribution in [1.82, 2.24) is 10.6 Å². The van der Waals surface area contributed by atoms with Crippen LogP contribution in [0.25, 0.3) is 12.3 Å². The summed E-state index contributed by atoms with van der Waals surface area (Å²) < 4.78 is 0. The van der Waals surface area contributed by atoms with Crippen LogP contribution in [0.2, 0.25) is 0 Å². The molecule has 2 aliphatic heterocycles. The van der Waals surface area contributed by atoms with E-state index in [0.29, 0.717) is 6.54 Å². The van der Waals surface area contributed by atoms with Gasteiger partial charge < -0.3 is 15.5 Å². The van der Waals surface area contributed by atoms with E-state index in [-0.39, 0.29) is 24.0 Å². The van der Waals surface area contributed by atoms with Gasteiger partial charge in [0.05, 0.1) is 0 Å². The number of amides is 1. The molecule has 2 fully saturated rings. The topological polar surface area (TPSA) is 73.8 Å². The van der Waals surface area contributed by atoms with Gasteiger partial charge in [0.1, 0.15) is 12.2 Å². The minimum atomic E-state index is -0.142. The standard InChI is InChI=1S/C17H20N4O2/c22-17(11-1-2-11)19-16-8-12-3-4-15(7-13(12)9-18-16)21-6-5-14(10-21)20-23/h3-4,7-9,11,14,16,18H,1-2,5-6,10H2,(H,19,22). The molecule has 1 aliphatic carbocycles. The molecule has 2 N–H and O–H groups in total. The van der Waals surface area contributed by atoms with Crippen LogP contribution < -0.4 is 26.0 Å². The average molecular weight is 312 g/mol. The van der Waals surface area contributed by atoms with Gasteiger partial charge in [-0.15, -0.1) is 0 Å². The van der Waals surface area contributed by atoms with Crippen LogP contribution in [0, 0.1) is 10.8 Å². The molecule has 1 saturated heterocycles. The van der Waals surface area contributed by atoms with Crippen molar-refractivity contribution in [3.63, 3.8) is 0 Å². The number of hydrogen-bond donors (Lipinski definition) is 2. The Morgan fingerprint density at radius 3 is 2.87 bits per heavy atom. The second-order valence-electron chi connectivity index (χ2n) is 6.55. The molecule has 0 spiro atoms. The lowest BCUT2D eigenvalue weighted by Gasteiger charge is -2.21. The molecule has 2 atom stereocenters. The molecule has 2 unspecified atom stereocenters. The molecule has 1 aromatic rings. The number of rotatable bonds is 4. The number of benzene rings is 1. The molecule has 2 heterocycles. The van der Waals surface area contributed by atoms with Gasteiger partial charge in [-0.2, -0.15) is 4.91 Å². The van der Waals surface area contributed by atoms with Crippen molar-refractivity contribution in [2.24, 2.45) is 11.1 Å². The van der Waals surface area contributed by atoms with Gasteiger partial charge in [0.25, 0.3) is 0 Å². The van der Waals surface area contributed by atoms with Crippen molar-refractivity contribution in [2.45, 2.75) is 31.5 Å². The Bertz CT molecular complexity index is 756. The molecule has 4 rings (SSSR count). The van der Waals surface area contributed by atoms with Crippen molar-refractivity contribution >= 4 is 23.9 Å². The van der Waals surface area contributed by atoms with Crippen LogP contribution in [-0.4, -0.2) is 31.2 Å². The Hall–Kier alpha value is -2.37. The van der Waals surface area contributed by atoms with E-state index in [2.05, 4.69) is 38.9 Å². The summed E-state index contributed by atoms with van der Waals surface area (Å²) >= 11 is 0. The SMILES string of the molecule is O=NC1CCN(c2ccc3c(c2)=CNC(NC(=O)C2CC2)C=3)C1. The zero-order valence-corrected chi connectivity index (χ0v) is 12.9. The summed E-state index contributed by atoms with van der Waals surface area (Å²) in [5, 5.41) is 11.6. The number of anilines is 1. The van der Waals surface area contributed by atoms with Crippen LogP contribution in [0.1, 0.15) is 19.3 Å². The lowest BCUT2D eigenvalue weighted by Crippen LogP contribution is -2.48. The van der Waals surface area contributed by atoms with Gasteiger partial charge in [0.15, 0.2) is 0 Å². The number of hydrogen-bond acceptors (Lipinski definition) is 5. The number of carbonyl (C=O) groups is 1. The van der Waals surface area contributed by atoms with Gasteiger partial charge in [-0.3, -0.25) is 4.79 Å². The molecular weight excluding hydrogens is 292 g/mol. The van der Waals surface area contributed by atoms with Crippen molar-refractivity contribution < 1.29 is 4.79 Å². The van der Waals surface area contributed by atoms with Gasteiger partial charge in [0.2, 0.25) is 5.91 Å². The minimum Gasteiger partial charge on any atom is -0.369 e. The first-order chi connectivity index (χ1) is 11.2. The molecule has 0 aromatic heterocycles. The van der Waals surface area contributed by atoms with E-state index < -0.39 is 0 Å². The lowest BCUT2D eigenvalue weighted by molar-refractivity contribution is -0.122. The Morgan fingerprint density at radius 1 is 1.26 bits per heavy atom. The number of nitrogens with one attached hydrogen (secondary N) is 2. The van der Waals surface area contributed by atoms with Crippen molar-refractivity contribution in [2.75, 3.05) is 18.0 Å². The third-order valence-corrected chi connectivity index (χ3v) is 4.76. The van der Waals surface area contributed by atoms with Gasteiger partial charge in [-0.25, -0.2) is 0 Å². The highest BCUT2D eigenvalue weighted by atomic mass is 16.3. The van der Waals surface area contributed by atoms with Crippen LogP contribution in [0.4, 0.5) is 5.69 Å². The first-order valence-electron chi connectivity index (χ1n) is 8.19. The molecule has 0 radical (unpaired) electrons. The lowest BCUT2D eigenvalue weighted by atomic mass is 10.1. The minimum absolute atomic E-state index is 0.0956. The summed E-state index contributed by atoms with van der Waals surface area (Å²) in [6, 6.07) is 6.16.